The quantitative estimate of drug-likeness (QED) is 0.289. The zero-order chi connectivity index (χ0) is 17.0. The van der Waals surface area contributed by atoms with E-state index in [1.165, 1.54) is 25.7 Å². The lowest BCUT2D eigenvalue weighted by molar-refractivity contribution is 0.129. The van der Waals surface area contributed by atoms with E-state index in [4.69, 9.17) is 4.84 Å². The Labute approximate surface area is 146 Å². The molecule has 1 atom stereocenters. The molecule has 128 valence electrons. The molecule has 0 saturated carbocycles. The fraction of sp³-hybridized carbons (Fsp3) is 0.409. The van der Waals surface area contributed by atoms with Crippen LogP contribution in [0, 0.1) is 5.92 Å². The Morgan fingerprint density at radius 1 is 0.917 bits per heavy atom. The molecule has 2 rings (SSSR count). The van der Waals surface area contributed by atoms with E-state index < -0.39 is 0 Å². The monoisotopic (exact) mass is 323 g/mol. The Bertz CT molecular complexity index is 592. The van der Waals surface area contributed by atoms with E-state index >= 15 is 0 Å². The second-order valence-corrected chi connectivity index (χ2v) is 6.35. The number of rotatable bonds is 10. The summed E-state index contributed by atoms with van der Waals surface area (Å²) in [4.78, 5) is 5.67. The van der Waals surface area contributed by atoms with E-state index in [0.717, 1.165) is 23.3 Å². The van der Waals surface area contributed by atoms with E-state index in [-0.39, 0.29) is 0 Å². The molecule has 0 aromatic heterocycles. The van der Waals surface area contributed by atoms with E-state index in [9.17, 15) is 0 Å². The fourth-order valence-corrected chi connectivity index (χ4v) is 2.80. The molecule has 0 N–H and O–H groups in total. The highest BCUT2D eigenvalue weighted by Crippen LogP contribution is 2.18. The van der Waals surface area contributed by atoms with Crippen LogP contribution >= 0.6 is 0 Å². The van der Waals surface area contributed by atoms with E-state index in [0.29, 0.717) is 12.5 Å². The van der Waals surface area contributed by atoms with Crippen molar-refractivity contribution in [1.82, 2.24) is 0 Å². The standard InChI is InChI=1S/C22H29NO/c1-3-4-5-8-13-19(2)22(21-16-11-7-12-17-21)23-24-18-20-14-9-6-10-15-20/h6-7,9-12,14-17,19H,3-5,8,13,18H2,1-2H3. The molecule has 0 aliphatic heterocycles. The first-order valence-corrected chi connectivity index (χ1v) is 9.10. The fourth-order valence-electron chi connectivity index (χ4n) is 2.80. The highest BCUT2D eigenvalue weighted by Gasteiger charge is 2.13. The molecule has 2 aromatic carbocycles. The predicted octanol–water partition coefficient (Wildman–Crippen LogP) is 6.21. The summed E-state index contributed by atoms with van der Waals surface area (Å²) in [7, 11) is 0. The van der Waals surface area contributed by atoms with Crippen LogP contribution in [0.15, 0.2) is 65.8 Å². The molecule has 0 fully saturated rings. The molecule has 0 saturated heterocycles. The van der Waals surface area contributed by atoms with Crippen molar-refractivity contribution in [3.8, 4) is 0 Å². The Morgan fingerprint density at radius 3 is 2.25 bits per heavy atom. The van der Waals surface area contributed by atoms with Crippen LogP contribution in [0.1, 0.15) is 57.1 Å². The molecular formula is C22H29NO. The van der Waals surface area contributed by atoms with Crippen LogP contribution in [-0.2, 0) is 11.4 Å². The number of hydrogen-bond acceptors (Lipinski definition) is 2. The Kier molecular flexibility index (Phi) is 8.09. The average Bonchev–Trinajstić information content (AvgIpc) is 2.64. The number of benzene rings is 2. The summed E-state index contributed by atoms with van der Waals surface area (Å²) in [5.74, 6) is 0.403. The van der Waals surface area contributed by atoms with Gasteiger partial charge in [-0.05, 0) is 17.5 Å². The molecule has 2 heteroatoms. The van der Waals surface area contributed by atoms with Crippen molar-refractivity contribution in [3.63, 3.8) is 0 Å². The third kappa shape index (κ3) is 6.19. The molecule has 0 bridgehead atoms. The van der Waals surface area contributed by atoms with Gasteiger partial charge in [-0.2, -0.15) is 0 Å². The zero-order valence-corrected chi connectivity index (χ0v) is 14.9. The van der Waals surface area contributed by atoms with Crippen LogP contribution in [0.4, 0.5) is 0 Å². The number of nitrogens with zero attached hydrogens (tertiary/aromatic N) is 1. The molecule has 0 aliphatic carbocycles. The molecular weight excluding hydrogens is 294 g/mol. The van der Waals surface area contributed by atoms with Crippen LogP contribution in [-0.4, -0.2) is 5.71 Å². The van der Waals surface area contributed by atoms with Crippen molar-refractivity contribution < 1.29 is 4.84 Å². The van der Waals surface area contributed by atoms with E-state index in [2.05, 4.69) is 55.4 Å². The maximum atomic E-state index is 5.67. The van der Waals surface area contributed by atoms with Gasteiger partial charge in [0.05, 0.1) is 5.71 Å². The number of unbranched alkanes of at least 4 members (excludes halogenated alkanes) is 3. The summed E-state index contributed by atoms with van der Waals surface area (Å²) < 4.78 is 0. The molecule has 0 aliphatic rings. The summed E-state index contributed by atoms with van der Waals surface area (Å²) in [5.41, 5.74) is 3.36. The van der Waals surface area contributed by atoms with Crippen LogP contribution < -0.4 is 0 Å². The van der Waals surface area contributed by atoms with Gasteiger partial charge in [0.1, 0.15) is 6.61 Å². The van der Waals surface area contributed by atoms with Gasteiger partial charge < -0.3 is 4.84 Å². The van der Waals surface area contributed by atoms with Crippen molar-refractivity contribution in [2.45, 2.75) is 52.6 Å². The second kappa shape index (κ2) is 10.6. The van der Waals surface area contributed by atoms with Gasteiger partial charge >= 0.3 is 0 Å². The van der Waals surface area contributed by atoms with Gasteiger partial charge in [0.25, 0.3) is 0 Å². The largest absolute Gasteiger partial charge is 0.391 e. The topological polar surface area (TPSA) is 21.6 Å². The van der Waals surface area contributed by atoms with Gasteiger partial charge in [0.2, 0.25) is 0 Å². The highest BCUT2D eigenvalue weighted by atomic mass is 16.6. The molecule has 2 nitrogen and oxygen atoms in total. The molecule has 0 amide bonds. The summed E-state index contributed by atoms with van der Waals surface area (Å²) in [6.07, 6.45) is 6.29. The van der Waals surface area contributed by atoms with Gasteiger partial charge in [-0.3, -0.25) is 0 Å². The molecule has 0 heterocycles. The second-order valence-electron chi connectivity index (χ2n) is 6.35. The predicted molar refractivity (Wildman–Crippen MR) is 102 cm³/mol. The number of oxime groups is 1. The number of hydrogen-bond donors (Lipinski definition) is 0. The minimum Gasteiger partial charge on any atom is -0.391 e. The van der Waals surface area contributed by atoms with Gasteiger partial charge in [-0.1, -0.05) is 105 Å². The van der Waals surface area contributed by atoms with Crippen molar-refractivity contribution in [2.75, 3.05) is 0 Å². The highest BCUT2D eigenvalue weighted by molar-refractivity contribution is 6.01. The molecule has 24 heavy (non-hydrogen) atoms. The zero-order valence-electron chi connectivity index (χ0n) is 14.9. The minimum absolute atomic E-state index is 0.403. The molecule has 0 radical (unpaired) electrons. The maximum absolute atomic E-state index is 5.67. The summed E-state index contributed by atoms with van der Waals surface area (Å²) in [5, 5.41) is 4.50. The van der Waals surface area contributed by atoms with Crippen LogP contribution in [0.2, 0.25) is 0 Å². The molecule has 1 unspecified atom stereocenters. The summed E-state index contributed by atoms with van der Waals surface area (Å²) in [6, 6.07) is 20.6. The lowest BCUT2D eigenvalue weighted by atomic mass is 9.93. The van der Waals surface area contributed by atoms with Gasteiger partial charge in [0.15, 0.2) is 0 Å². The first kappa shape index (κ1) is 18.3. The van der Waals surface area contributed by atoms with Crippen molar-refractivity contribution >= 4 is 5.71 Å². The third-order valence-electron chi connectivity index (χ3n) is 4.26. The Balaban J connectivity index is 2.01. The van der Waals surface area contributed by atoms with Gasteiger partial charge in [-0.15, -0.1) is 0 Å². The third-order valence-corrected chi connectivity index (χ3v) is 4.26. The molecule has 0 spiro atoms. The Morgan fingerprint density at radius 2 is 1.58 bits per heavy atom. The first-order chi connectivity index (χ1) is 11.8. The average molecular weight is 323 g/mol. The normalized spacial score (nSPS) is 12.8. The van der Waals surface area contributed by atoms with Crippen molar-refractivity contribution in [3.05, 3.63) is 71.8 Å². The van der Waals surface area contributed by atoms with Crippen molar-refractivity contribution in [1.29, 1.82) is 0 Å². The lowest BCUT2D eigenvalue weighted by Gasteiger charge is -2.15. The SMILES string of the molecule is CCCCCCC(C)C(=NOCc1ccccc1)c1ccccc1. The molecule has 2 aromatic rings. The first-order valence-electron chi connectivity index (χ1n) is 9.10. The van der Waals surface area contributed by atoms with E-state index in [1.54, 1.807) is 0 Å². The van der Waals surface area contributed by atoms with Crippen LogP contribution in [0.25, 0.3) is 0 Å². The summed E-state index contributed by atoms with van der Waals surface area (Å²) >= 11 is 0. The Hall–Kier alpha value is -2.09. The minimum atomic E-state index is 0.403. The van der Waals surface area contributed by atoms with Gasteiger partial charge in [-0.25, -0.2) is 0 Å². The summed E-state index contributed by atoms with van der Waals surface area (Å²) in [6.45, 7) is 5.01. The maximum Gasteiger partial charge on any atom is 0.142 e. The van der Waals surface area contributed by atoms with Crippen molar-refractivity contribution in [2.24, 2.45) is 11.1 Å². The van der Waals surface area contributed by atoms with Crippen LogP contribution in [0.3, 0.4) is 0 Å². The smallest absolute Gasteiger partial charge is 0.142 e. The van der Waals surface area contributed by atoms with E-state index in [1.807, 2.05) is 24.3 Å². The van der Waals surface area contributed by atoms with Crippen LogP contribution in [0.5, 0.6) is 0 Å². The van der Waals surface area contributed by atoms with Gasteiger partial charge in [0, 0.05) is 5.92 Å². The lowest BCUT2D eigenvalue weighted by Crippen LogP contribution is -2.13.